The Bertz CT molecular complexity index is 1480. The maximum atomic E-state index is 13.6. The number of rotatable bonds is 11. The molecule has 1 amide bonds. The number of amides is 1. The van der Waals surface area contributed by atoms with Crippen molar-refractivity contribution >= 4 is 33.2 Å². The molecule has 4 rings (SSSR count). The number of hydrogen-bond acceptors (Lipinski definition) is 8. The first kappa shape index (κ1) is 31.4. The highest BCUT2D eigenvalue weighted by Crippen LogP contribution is 2.43. The molecule has 3 aromatic rings. The summed E-state index contributed by atoms with van der Waals surface area (Å²) in [6, 6.07) is 16.0. The molecule has 1 aliphatic rings. The average Bonchev–Trinajstić information content (AvgIpc) is 2.97. The van der Waals surface area contributed by atoms with Gasteiger partial charge < -0.3 is 29.0 Å². The summed E-state index contributed by atoms with van der Waals surface area (Å²) < 4.78 is 52.7. The van der Waals surface area contributed by atoms with Crippen molar-refractivity contribution in [1.29, 1.82) is 0 Å². The van der Waals surface area contributed by atoms with Gasteiger partial charge in [-0.15, -0.1) is 0 Å². The first-order chi connectivity index (χ1) is 20.0. The minimum atomic E-state index is -4.15. The second kappa shape index (κ2) is 13.6. The SMILES string of the molecule is CC(C)(C)c1ccc(S(=O)(=O)Nc2cc(C(=O)N3CCOCC3)cc(OCCO)c2Oc2ccccc2OCCl)cc1. The van der Waals surface area contributed by atoms with Gasteiger partial charge in [-0.25, -0.2) is 8.42 Å². The number of para-hydroxylation sites is 2. The summed E-state index contributed by atoms with van der Waals surface area (Å²) in [7, 11) is -4.15. The summed E-state index contributed by atoms with van der Waals surface area (Å²) >= 11 is 5.79. The largest absolute Gasteiger partial charge is 0.487 e. The molecule has 226 valence electrons. The predicted octanol–water partition coefficient (Wildman–Crippen LogP) is 5.00. The minimum Gasteiger partial charge on any atom is -0.487 e. The molecule has 12 heteroatoms. The van der Waals surface area contributed by atoms with E-state index in [1.54, 1.807) is 41.3 Å². The maximum absolute atomic E-state index is 13.6. The topological polar surface area (TPSA) is 124 Å². The van der Waals surface area contributed by atoms with Crippen LogP contribution in [0.4, 0.5) is 5.69 Å². The van der Waals surface area contributed by atoms with Crippen molar-refractivity contribution in [1.82, 2.24) is 4.90 Å². The monoisotopic (exact) mass is 618 g/mol. The van der Waals surface area contributed by atoms with Crippen molar-refractivity contribution in [3.05, 3.63) is 71.8 Å². The van der Waals surface area contributed by atoms with Gasteiger partial charge in [0.1, 0.15) is 6.61 Å². The molecule has 1 saturated heterocycles. The van der Waals surface area contributed by atoms with Gasteiger partial charge in [0.15, 0.2) is 29.1 Å². The second-order valence-electron chi connectivity index (χ2n) is 10.5. The van der Waals surface area contributed by atoms with Gasteiger partial charge in [0.25, 0.3) is 15.9 Å². The van der Waals surface area contributed by atoms with Crippen LogP contribution in [0.1, 0.15) is 36.7 Å². The number of hydrogen-bond donors (Lipinski definition) is 2. The summed E-state index contributed by atoms with van der Waals surface area (Å²) in [5, 5.41) is 9.49. The van der Waals surface area contributed by atoms with E-state index in [0.29, 0.717) is 32.1 Å². The number of carbonyl (C=O) groups is 1. The number of ether oxygens (including phenoxy) is 4. The standard InChI is InChI=1S/C30H35ClN2O8S/c1-30(2,3)22-8-10-23(11-9-22)42(36,37)32-24-18-21(29(35)33-12-15-38-16-13-33)19-27(39-17-14-34)28(24)41-26-7-5-4-6-25(26)40-20-31/h4-11,18-19,32,34H,12-17,20H2,1-3H3. The molecule has 0 unspecified atom stereocenters. The van der Waals surface area contributed by atoms with E-state index in [1.165, 1.54) is 24.3 Å². The first-order valence-corrected chi connectivity index (χ1v) is 15.4. The lowest BCUT2D eigenvalue weighted by atomic mass is 9.87. The predicted molar refractivity (Wildman–Crippen MR) is 160 cm³/mol. The van der Waals surface area contributed by atoms with Crippen LogP contribution in [-0.4, -0.2) is 69.9 Å². The molecule has 0 atom stereocenters. The van der Waals surface area contributed by atoms with Crippen molar-refractivity contribution in [3.8, 4) is 23.0 Å². The van der Waals surface area contributed by atoms with Crippen LogP contribution < -0.4 is 18.9 Å². The van der Waals surface area contributed by atoms with Gasteiger partial charge in [-0.3, -0.25) is 9.52 Å². The number of benzene rings is 3. The fourth-order valence-corrected chi connectivity index (χ4v) is 5.45. The van der Waals surface area contributed by atoms with E-state index in [0.717, 1.165) is 5.56 Å². The van der Waals surface area contributed by atoms with E-state index in [9.17, 15) is 18.3 Å². The molecule has 10 nitrogen and oxygen atoms in total. The molecule has 0 aliphatic carbocycles. The Balaban J connectivity index is 1.82. The summed E-state index contributed by atoms with van der Waals surface area (Å²) in [4.78, 5) is 15.1. The Morgan fingerprint density at radius 1 is 1.00 bits per heavy atom. The zero-order valence-electron chi connectivity index (χ0n) is 23.8. The molecular formula is C30H35ClN2O8S. The summed E-state index contributed by atoms with van der Waals surface area (Å²) in [5.74, 6) is 0.224. The van der Waals surface area contributed by atoms with E-state index >= 15 is 0 Å². The molecule has 3 aromatic carbocycles. The minimum absolute atomic E-state index is 0.0232. The third-order valence-electron chi connectivity index (χ3n) is 6.50. The Hall–Kier alpha value is -3.51. The quantitative estimate of drug-likeness (QED) is 0.288. The number of morpholine rings is 1. The molecule has 42 heavy (non-hydrogen) atoms. The molecule has 1 aliphatic heterocycles. The number of aliphatic hydroxyl groups is 1. The van der Waals surface area contributed by atoms with E-state index in [1.807, 2.05) is 20.8 Å². The lowest BCUT2D eigenvalue weighted by Gasteiger charge is -2.27. The van der Waals surface area contributed by atoms with Crippen molar-refractivity contribution in [2.75, 3.05) is 50.3 Å². The van der Waals surface area contributed by atoms with Crippen molar-refractivity contribution in [3.63, 3.8) is 0 Å². The highest BCUT2D eigenvalue weighted by molar-refractivity contribution is 7.92. The molecule has 1 fully saturated rings. The second-order valence-corrected chi connectivity index (χ2v) is 12.4. The van der Waals surface area contributed by atoms with E-state index in [2.05, 4.69) is 4.72 Å². The third kappa shape index (κ3) is 7.65. The fraction of sp³-hybridized carbons (Fsp3) is 0.367. The Morgan fingerprint density at radius 3 is 2.29 bits per heavy atom. The van der Waals surface area contributed by atoms with Crippen LogP contribution in [0.2, 0.25) is 0 Å². The van der Waals surface area contributed by atoms with Crippen LogP contribution in [0.15, 0.2) is 65.6 Å². The third-order valence-corrected chi connectivity index (χ3v) is 7.99. The van der Waals surface area contributed by atoms with Gasteiger partial charge in [-0.1, -0.05) is 56.6 Å². The van der Waals surface area contributed by atoms with E-state index in [4.69, 9.17) is 30.5 Å². The van der Waals surface area contributed by atoms with Crippen LogP contribution in [0.5, 0.6) is 23.0 Å². The molecule has 0 spiro atoms. The molecule has 0 saturated carbocycles. The summed E-state index contributed by atoms with van der Waals surface area (Å²) in [6.07, 6.45) is 0. The van der Waals surface area contributed by atoms with Crippen LogP contribution >= 0.6 is 11.6 Å². The highest BCUT2D eigenvalue weighted by Gasteiger charge is 2.27. The van der Waals surface area contributed by atoms with Crippen molar-refractivity contribution in [2.24, 2.45) is 0 Å². The molecular weight excluding hydrogens is 584 g/mol. The maximum Gasteiger partial charge on any atom is 0.262 e. The molecule has 0 aromatic heterocycles. The lowest BCUT2D eigenvalue weighted by molar-refractivity contribution is 0.0302. The Kier molecular flexibility index (Phi) is 10.2. The first-order valence-electron chi connectivity index (χ1n) is 13.4. The van der Waals surface area contributed by atoms with Crippen molar-refractivity contribution < 1.29 is 37.3 Å². The van der Waals surface area contributed by atoms with Crippen LogP contribution in [0, 0.1) is 0 Å². The fourth-order valence-electron chi connectivity index (χ4n) is 4.28. The van der Waals surface area contributed by atoms with E-state index < -0.39 is 10.0 Å². The van der Waals surface area contributed by atoms with Gasteiger partial charge in [-0.2, -0.15) is 0 Å². The van der Waals surface area contributed by atoms with Crippen molar-refractivity contribution in [2.45, 2.75) is 31.1 Å². The molecule has 1 heterocycles. The number of sulfonamides is 1. The average molecular weight is 619 g/mol. The molecule has 0 bridgehead atoms. The number of halogens is 1. The zero-order valence-corrected chi connectivity index (χ0v) is 25.3. The summed E-state index contributed by atoms with van der Waals surface area (Å²) in [6.45, 7) is 7.20. The Labute approximate surface area is 251 Å². The smallest absolute Gasteiger partial charge is 0.262 e. The number of alkyl halides is 1. The highest BCUT2D eigenvalue weighted by atomic mass is 35.5. The van der Waals surface area contributed by atoms with E-state index in [-0.39, 0.29) is 64.0 Å². The number of nitrogens with zero attached hydrogens (tertiary/aromatic N) is 1. The normalized spacial score (nSPS) is 13.9. The van der Waals surface area contributed by atoms with Crippen LogP contribution in [0.3, 0.4) is 0 Å². The van der Waals surface area contributed by atoms with Gasteiger partial charge in [0, 0.05) is 18.7 Å². The lowest BCUT2D eigenvalue weighted by Crippen LogP contribution is -2.40. The Morgan fingerprint density at radius 2 is 1.67 bits per heavy atom. The number of anilines is 1. The summed E-state index contributed by atoms with van der Waals surface area (Å²) in [5.41, 5.74) is 0.938. The van der Waals surface area contributed by atoms with Gasteiger partial charge in [0.05, 0.1) is 30.4 Å². The number of aliphatic hydroxyl groups excluding tert-OH is 1. The van der Waals surface area contributed by atoms with Gasteiger partial charge in [0.2, 0.25) is 0 Å². The van der Waals surface area contributed by atoms with Gasteiger partial charge in [-0.05, 0) is 47.4 Å². The van der Waals surface area contributed by atoms with Gasteiger partial charge >= 0.3 is 0 Å². The molecule has 2 N–H and O–H groups in total. The number of carbonyl (C=O) groups excluding carboxylic acids is 1. The zero-order chi connectivity index (χ0) is 30.3. The molecule has 0 radical (unpaired) electrons. The van der Waals surface area contributed by atoms with Crippen LogP contribution in [0.25, 0.3) is 0 Å². The number of nitrogens with one attached hydrogen (secondary N) is 1. The van der Waals surface area contributed by atoms with Crippen LogP contribution in [-0.2, 0) is 20.2 Å².